The minimum absolute atomic E-state index is 0.0677. The van der Waals surface area contributed by atoms with E-state index in [2.05, 4.69) is 4.90 Å². The van der Waals surface area contributed by atoms with Gasteiger partial charge in [-0.05, 0) is 47.5 Å². The third-order valence-electron chi connectivity index (χ3n) is 3.86. The molecule has 0 spiro atoms. The van der Waals surface area contributed by atoms with Gasteiger partial charge in [-0.25, -0.2) is 0 Å². The number of ether oxygens (including phenoxy) is 1. The third-order valence-corrected chi connectivity index (χ3v) is 4.39. The number of hydrogen-bond acceptors (Lipinski definition) is 3. The van der Waals surface area contributed by atoms with Crippen LogP contribution in [0.4, 0.5) is 5.69 Å². The molecule has 0 aliphatic carbocycles. The number of hydrogen-bond donors (Lipinski definition) is 1. The first kappa shape index (κ1) is 14.5. The van der Waals surface area contributed by atoms with E-state index in [4.69, 9.17) is 33.7 Å². The normalized spacial score (nSPS) is 17.0. The Morgan fingerprint density at radius 1 is 1.24 bits per heavy atom. The Morgan fingerprint density at radius 2 is 1.95 bits per heavy atom. The van der Waals surface area contributed by atoms with Crippen LogP contribution in [0.15, 0.2) is 36.4 Å². The standard InChI is InChI=1S/C16H16Cl2N2O/c1-21-13-4-2-12(3-5-13)20-9-10-6-11(17)7-14(18)16(10)15(20)8-19/h2-7,15H,8-9,19H2,1H3. The molecule has 1 aliphatic rings. The number of halogens is 2. The van der Waals surface area contributed by atoms with Crippen LogP contribution in [-0.4, -0.2) is 13.7 Å². The average Bonchev–Trinajstić information content (AvgIpc) is 2.85. The molecular weight excluding hydrogens is 307 g/mol. The highest BCUT2D eigenvalue weighted by atomic mass is 35.5. The smallest absolute Gasteiger partial charge is 0.119 e. The Kier molecular flexibility index (Phi) is 3.98. The Bertz CT molecular complexity index is 658. The molecule has 0 amide bonds. The van der Waals surface area contributed by atoms with E-state index in [1.54, 1.807) is 13.2 Å². The summed E-state index contributed by atoms with van der Waals surface area (Å²) >= 11 is 12.5. The van der Waals surface area contributed by atoms with Crippen LogP contribution in [0, 0.1) is 0 Å². The van der Waals surface area contributed by atoms with Crippen LogP contribution >= 0.6 is 23.2 Å². The molecule has 21 heavy (non-hydrogen) atoms. The van der Waals surface area contributed by atoms with Crippen molar-refractivity contribution in [1.82, 2.24) is 0 Å². The monoisotopic (exact) mass is 322 g/mol. The van der Waals surface area contributed by atoms with Crippen molar-refractivity contribution < 1.29 is 4.74 Å². The van der Waals surface area contributed by atoms with Crippen LogP contribution in [0.3, 0.4) is 0 Å². The molecule has 0 bridgehead atoms. The lowest BCUT2D eigenvalue weighted by Crippen LogP contribution is -2.27. The summed E-state index contributed by atoms with van der Waals surface area (Å²) in [6.45, 7) is 1.25. The number of nitrogens with two attached hydrogens (primary N) is 1. The number of benzene rings is 2. The molecule has 1 heterocycles. The van der Waals surface area contributed by atoms with Crippen molar-refractivity contribution in [2.75, 3.05) is 18.6 Å². The van der Waals surface area contributed by atoms with E-state index in [0.29, 0.717) is 16.6 Å². The van der Waals surface area contributed by atoms with Gasteiger partial charge in [0.15, 0.2) is 0 Å². The van der Waals surface area contributed by atoms with E-state index in [-0.39, 0.29) is 6.04 Å². The predicted octanol–water partition coefficient (Wildman–Crippen LogP) is 4.02. The van der Waals surface area contributed by atoms with Crippen LogP contribution in [0.25, 0.3) is 0 Å². The zero-order chi connectivity index (χ0) is 15.0. The van der Waals surface area contributed by atoms with Gasteiger partial charge in [-0.1, -0.05) is 23.2 Å². The van der Waals surface area contributed by atoms with E-state index < -0.39 is 0 Å². The first-order chi connectivity index (χ1) is 10.1. The van der Waals surface area contributed by atoms with Crippen molar-refractivity contribution in [3.8, 4) is 5.75 Å². The number of fused-ring (bicyclic) bond motifs is 1. The molecule has 110 valence electrons. The van der Waals surface area contributed by atoms with Crippen molar-refractivity contribution in [3.63, 3.8) is 0 Å². The highest BCUT2D eigenvalue weighted by Gasteiger charge is 2.31. The lowest BCUT2D eigenvalue weighted by molar-refractivity contribution is 0.415. The maximum absolute atomic E-state index is 6.36. The molecule has 5 heteroatoms. The molecule has 0 saturated heterocycles. The largest absolute Gasteiger partial charge is 0.497 e. The van der Waals surface area contributed by atoms with Crippen molar-refractivity contribution in [2.45, 2.75) is 12.6 Å². The summed E-state index contributed by atoms with van der Waals surface area (Å²) in [6, 6.07) is 11.8. The van der Waals surface area contributed by atoms with Crippen molar-refractivity contribution >= 4 is 28.9 Å². The van der Waals surface area contributed by atoms with Gasteiger partial charge in [0.1, 0.15) is 5.75 Å². The summed E-state index contributed by atoms with van der Waals surface area (Å²) in [5.41, 5.74) is 9.29. The van der Waals surface area contributed by atoms with Gasteiger partial charge in [-0.15, -0.1) is 0 Å². The summed E-state index contributed by atoms with van der Waals surface area (Å²) in [5, 5.41) is 1.34. The molecule has 2 aromatic carbocycles. The second-order valence-corrected chi connectivity index (χ2v) is 5.88. The van der Waals surface area contributed by atoms with Gasteiger partial charge >= 0.3 is 0 Å². The number of anilines is 1. The molecule has 1 aliphatic heterocycles. The molecule has 3 nitrogen and oxygen atoms in total. The number of rotatable bonds is 3. The second-order valence-electron chi connectivity index (χ2n) is 5.04. The molecule has 2 aromatic rings. The molecule has 0 aromatic heterocycles. The van der Waals surface area contributed by atoms with Gasteiger partial charge in [-0.2, -0.15) is 0 Å². The number of methoxy groups -OCH3 is 1. The summed E-state index contributed by atoms with van der Waals surface area (Å²) in [5.74, 6) is 0.834. The Hall–Kier alpha value is -1.42. The first-order valence-corrected chi connectivity index (χ1v) is 7.48. The van der Waals surface area contributed by atoms with Crippen molar-refractivity contribution in [2.24, 2.45) is 5.73 Å². The van der Waals surface area contributed by atoms with Gasteiger partial charge < -0.3 is 15.4 Å². The molecular formula is C16H16Cl2N2O. The van der Waals surface area contributed by atoms with Crippen molar-refractivity contribution in [1.29, 1.82) is 0 Å². The van der Waals surface area contributed by atoms with Gasteiger partial charge in [-0.3, -0.25) is 0 Å². The maximum atomic E-state index is 6.36. The Labute approximate surface area is 134 Å². The second kappa shape index (κ2) is 5.76. The van der Waals surface area contributed by atoms with E-state index in [0.717, 1.165) is 29.1 Å². The lowest BCUT2D eigenvalue weighted by Gasteiger charge is -2.26. The van der Waals surface area contributed by atoms with E-state index >= 15 is 0 Å². The molecule has 1 atom stereocenters. The topological polar surface area (TPSA) is 38.5 Å². The lowest BCUT2D eigenvalue weighted by atomic mass is 10.0. The van der Waals surface area contributed by atoms with Crippen LogP contribution in [-0.2, 0) is 6.54 Å². The molecule has 0 saturated carbocycles. The van der Waals surface area contributed by atoms with E-state index in [9.17, 15) is 0 Å². The van der Waals surface area contributed by atoms with Gasteiger partial charge in [0.05, 0.1) is 13.2 Å². The molecule has 0 radical (unpaired) electrons. The predicted molar refractivity (Wildman–Crippen MR) is 87.4 cm³/mol. The zero-order valence-electron chi connectivity index (χ0n) is 11.6. The fraction of sp³-hybridized carbons (Fsp3) is 0.250. The van der Waals surface area contributed by atoms with Crippen LogP contribution in [0.5, 0.6) is 5.75 Å². The zero-order valence-corrected chi connectivity index (χ0v) is 13.2. The molecule has 2 N–H and O–H groups in total. The average molecular weight is 323 g/mol. The van der Waals surface area contributed by atoms with Crippen LogP contribution in [0.2, 0.25) is 10.0 Å². The molecule has 0 fully saturated rings. The summed E-state index contributed by atoms with van der Waals surface area (Å²) in [4.78, 5) is 2.24. The minimum Gasteiger partial charge on any atom is -0.497 e. The van der Waals surface area contributed by atoms with E-state index in [1.165, 1.54) is 0 Å². The van der Waals surface area contributed by atoms with Gasteiger partial charge in [0.25, 0.3) is 0 Å². The van der Waals surface area contributed by atoms with Crippen LogP contribution < -0.4 is 15.4 Å². The summed E-state index contributed by atoms with van der Waals surface area (Å²) < 4.78 is 5.20. The third kappa shape index (κ3) is 2.57. The summed E-state index contributed by atoms with van der Waals surface area (Å²) in [6.07, 6.45) is 0. The molecule has 3 rings (SSSR count). The first-order valence-electron chi connectivity index (χ1n) is 6.72. The Balaban J connectivity index is 1.99. The molecule has 1 unspecified atom stereocenters. The van der Waals surface area contributed by atoms with Crippen LogP contribution in [0.1, 0.15) is 17.2 Å². The van der Waals surface area contributed by atoms with Gasteiger partial charge in [0.2, 0.25) is 0 Å². The van der Waals surface area contributed by atoms with Gasteiger partial charge in [0, 0.05) is 28.8 Å². The Morgan fingerprint density at radius 3 is 2.57 bits per heavy atom. The summed E-state index contributed by atoms with van der Waals surface area (Å²) in [7, 11) is 1.66. The SMILES string of the molecule is COc1ccc(N2Cc3cc(Cl)cc(Cl)c3C2CN)cc1. The highest BCUT2D eigenvalue weighted by molar-refractivity contribution is 6.35. The quantitative estimate of drug-likeness (QED) is 0.927. The number of nitrogens with zero attached hydrogens (tertiary/aromatic N) is 1. The fourth-order valence-corrected chi connectivity index (χ4v) is 3.54. The highest BCUT2D eigenvalue weighted by Crippen LogP contribution is 2.42. The van der Waals surface area contributed by atoms with E-state index in [1.807, 2.05) is 30.3 Å². The fourth-order valence-electron chi connectivity index (χ4n) is 2.88. The maximum Gasteiger partial charge on any atom is 0.119 e. The van der Waals surface area contributed by atoms with Crippen molar-refractivity contribution in [3.05, 3.63) is 57.6 Å². The minimum atomic E-state index is 0.0677.